The van der Waals surface area contributed by atoms with Gasteiger partial charge >= 0.3 is 0 Å². The fourth-order valence-corrected chi connectivity index (χ4v) is 8.60. The zero-order valence-corrected chi connectivity index (χ0v) is 29.0. The number of hydrogen-bond donors (Lipinski definition) is 0. The molecule has 0 N–H and O–H groups in total. The highest BCUT2D eigenvalue weighted by atomic mass is 16.3. The molecule has 53 heavy (non-hydrogen) atoms. The number of furan rings is 1. The Bertz CT molecular complexity index is 3050. The molecule has 3 nitrogen and oxygen atoms in total. The van der Waals surface area contributed by atoms with Gasteiger partial charge in [0.25, 0.3) is 0 Å². The van der Waals surface area contributed by atoms with Crippen LogP contribution >= 0.6 is 0 Å². The molecule has 0 amide bonds. The normalized spacial score (nSPS) is 12.7. The van der Waals surface area contributed by atoms with Crippen molar-refractivity contribution >= 4 is 77.5 Å². The first-order valence-electron chi connectivity index (χ1n) is 18.4. The molecule has 2 aromatic heterocycles. The maximum absolute atomic E-state index is 6.43. The van der Waals surface area contributed by atoms with Crippen LogP contribution in [-0.4, -0.2) is 4.57 Å². The van der Waals surface area contributed by atoms with Gasteiger partial charge in [0.05, 0.1) is 5.52 Å². The Balaban J connectivity index is 1.11. The summed E-state index contributed by atoms with van der Waals surface area (Å²) in [7, 11) is 0. The van der Waals surface area contributed by atoms with Gasteiger partial charge in [-0.05, 0) is 118 Å². The summed E-state index contributed by atoms with van der Waals surface area (Å²) in [5.41, 5.74) is 12.5. The maximum atomic E-state index is 6.43. The van der Waals surface area contributed by atoms with E-state index in [0.717, 1.165) is 51.8 Å². The molecule has 0 atom stereocenters. The van der Waals surface area contributed by atoms with Crippen LogP contribution in [0.1, 0.15) is 17.7 Å². The average Bonchev–Trinajstić information content (AvgIpc) is 3.76. The predicted octanol–water partition coefficient (Wildman–Crippen LogP) is 13.9. The minimum absolute atomic E-state index is 0.877. The summed E-state index contributed by atoms with van der Waals surface area (Å²) in [6.07, 6.45) is 6.70. The van der Waals surface area contributed by atoms with Crippen LogP contribution in [0.3, 0.4) is 0 Å². The molecule has 8 aromatic carbocycles. The number of aromatic nitrogens is 1. The highest BCUT2D eigenvalue weighted by molar-refractivity contribution is 6.14. The molecular weight excluding hydrogens is 645 g/mol. The Kier molecular flexibility index (Phi) is 6.68. The standard InChI is InChI=1S/C50H34N2O/c1-2-13-35(14-3-1)52-47-20-10-8-18-42(47)43-28-26-37(31-48(43)52)51(38-27-29-45-44-19-9-11-21-49(44)53-50(45)32-38)36-24-22-33(23-25-36)46-30-34-12-4-5-15-39(34)40-16-6-7-17-41(40)46/h1-7,9-17,19-32H,8,18H2. The van der Waals surface area contributed by atoms with E-state index in [9.17, 15) is 0 Å². The average molecular weight is 679 g/mol. The Morgan fingerprint density at radius 1 is 0.491 bits per heavy atom. The van der Waals surface area contributed by atoms with Crippen molar-refractivity contribution in [2.24, 2.45) is 0 Å². The van der Waals surface area contributed by atoms with E-state index in [1.165, 1.54) is 60.5 Å². The lowest BCUT2D eigenvalue weighted by molar-refractivity contribution is 0.669. The molecular formula is C50H34N2O. The fourth-order valence-electron chi connectivity index (χ4n) is 8.60. The summed E-state index contributed by atoms with van der Waals surface area (Å²) >= 11 is 0. The summed E-state index contributed by atoms with van der Waals surface area (Å²) in [6.45, 7) is 0. The lowest BCUT2D eigenvalue weighted by atomic mass is 9.93. The third-order valence-corrected chi connectivity index (χ3v) is 11.0. The number of allylic oxidation sites excluding steroid dienone is 1. The second-order valence-corrected chi connectivity index (χ2v) is 14.0. The first kappa shape index (κ1) is 29.8. The first-order chi connectivity index (χ1) is 26.3. The van der Waals surface area contributed by atoms with Gasteiger partial charge in [0.2, 0.25) is 0 Å². The molecule has 1 aliphatic carbocycles. The Morgan fingerprint density at radius 3 is 2.00 bits per heavy atom. The third-order valence-electron chi connectivity index (χ3n) is 11.0. The Hall–Kier alpha value is -6.84. The summed E-state index contributed by atoms with van der Waals surface area (Å²) in [5.74, 6) is 0. The van der Waals surface area contributed by atoms with E-state index in [-0.39, 0.29) is 0 Å². The van der Waals surface area contributed by atoms with Gasteiger partial charge in [-0.25, -0.2) is 0 Å². The number of nitrogens with zero attached hydrogens (tertiary/aromatic N) is 2. The van der Waals surface area contributed by atoms with Crippen molar-refractivity contribution in [3.63, 3.8) is 0 Å². The van der Waals surface area contributed by atoms with Crippen molar-refractivity contribution in [3.8, 4) is 16.8 Å². The predicted molar refractivity (Wildman–Crippen MR) is 223 cm³/mol. The molecule has 2 heterocycles. The second-order valence-electron chi connectivity index (χ2n) is 14.0. The number of anilines is 3. The van der Waals surface area contributed by atoms with Gasteiger partial charge in [-0.2, -0.15) is 0 Å². The quantitative estimate of drug-likeness (QED) is 0.169. The summed E-state index contributed by atoms with van der Waals surface area (Å²) < 4.78 is 8.86. The Labute approximate surface area is 307 Å². The number of hydrogen-bond acceptors (Lipinski definition) is 2. The SMILES string of the molecule is C1=Cc2c(c3ccc(N(c4ccc(-c5cc6ccccc6c6ccccc56)cc4)c4ccc5c(c4)oc4ccccc45)cc3n2-c2ccccc2)CC1. The van der Waals surface area contributed by atoms with Crippen LogP contribution in [-0.2, 0) is 6.42 Å². The fraction of sp³-hybridized carbons (Fsp3) is 0.0400. The van der Waals surface area contributed by atoms with Gasteiger partial charge in [-0.15, -0.1) is 0 Å². The number of benzene rings is 8. The summed E-state index contributed by atoms with van der Waals surface area (Å²) in [6, 6.07) is 61.4. The first-order valence-corrected chi connectivity index (χ1v) is 18.4. The molecule has 0 unspecified atom stereocenters. The smallest absolute Gasteiger partial charge is 0.137 e. The second kappa shape index (κ2) is 11.9. The Morgan fingerprint density at radius 2 is 1.15 bits per heavy atom. The highest BCUT2D eigenvalue weighted by Gasteiger charge is 2.22. The monoisotopic (exact) mass is 678 g/mol. The van der Waals surface area contributed by atoms with Gasteiger partial charge in [-0.1, -0.05) is 109 Å². The summed E-state index contributed by atoms with van der Waals surface area (Å²) in [5, 5.41) is 8.63. The zero-order chi connectivity index (χ0) is 34.9. The molecule has 11 rings (SSSR count). The van der Waals surface area contributed by atoms with Crippen molar-refractivity contribution in [2.45, 2.75) is 12.8 Å². The van der Waals surface area contributed by atoms with E-state index in [1.54, 1.807) is 0 Å². The minimum atomic E-state index is 0.877. The highest BCUT2D eigenvalue weighted by Crippen LogP contribution is 2.43. The molecule has 0 fully saturated rings. The number of rotatable bonds is 5. The van der Waals surface area contributed by atoms with E-state index < -0.39 is 0 Å². The van der Waals surface area contributed by atoms with Crippen LogP contribution in [0.4, 0.5) is 17.1 Å². The van der Waals surface area contributed by atoms with E-state index in [0.29, 0.717) is 0 Å². The topological polar surface area (TPSA) is 21.3 Å². The van der Waals surface area contributed by atoms with Crippen molar-refractivity contribution in [3.05, 3.63) is 187 Å². The number of para-hydroxylation sites is 2. The minimum Gasteiger partial charge on any atom is -0.456 e. The molecule has 0 radical (unpaired) electrons. The van der Waals surface area contributed by atoms with Crippen LogP contribution in [0.5, 0.6) is 0 Å². The van der Waals surface area contributed by atoms with E-state index in [4.69, 9.17) is 4.42 Å². The molecule has 0 bridgehead atoms. The van der Waals surface area contributed by atoms with Crippen LogP contribution in [0.15, 0.2) is 180 Å². The molecule has 10 aromatic rings. The van der Waals surface area contributed by atoms with Gasteiger partial charge in [0, 0.05) is 50.7 Å². The van der Waals surface area contributed by atoms with E-state index in [2.05, 4.69) is 179 Å². The molecule has 250 valence electrons. The molecule has 0 aliphatic heterocycles. The van der Waals surface area contributed by atoms with E-state index >= 15 is 0 Å². The lowest BCUT2D eigenvalue weighted by Gasteiger charge is -2.26. The maximum Gasteiger partial charge on any atom is 0.137 e. The van der Waals surface area contributed by atoms with E-state index in [1.807, 2.05) is 12.1 Å². The van der Waals surface area contributed by atoms with Crippen molar-refractivity contribution in [1.82, 2.24) is 4.57 Å². The number of fused-ring (bicyclic) bond motifs is 9. The van der Waals surface area contributed by atoms with Gasteiger partial charge < -0.3 is 13.9 Å². The van der Waals surface area contributed by atoms with Crippen molar-refractivity contribution in [2.75, 3.05) is 4.90 Å². The number of aryl methyl sites for hydroxylation is 1. The van der Waals surface area contributed by atoms with Crippen LogP contribution in [0.25, 0.3) is 77.3 Å². The molecule has 3 heteroatoms. The van der Waals surface area contributed by atoms with Gasteiger partial charge in [-0.3, -0.25) is 0 Å². The van der Waals surface area contributed by atoms with Crippen LogP contribution in [0, 0.1) is 0 Å². The van der Waals surface area contributed by atoms with Crippen molar-refractivity contribution < 1.29 is 4.42 Å². The summed E-state index contributed by atoms with van der Waals surface area (Å²) in [4.78, 5) is 2.37. The molecule has 1 aliphatic rings. The van der Waals surface area contributed by atoms with Crippen molar-refractivity contribution in [1.29, 1.82) is 0 Å². The largest absolute Gasteiger partial charge is 0.456 e. The van der Waals surface area contributed by atoms with Gasteiger partial charge in [0.15, 0.2) is 0 Å². The molecule has 0 spiro atoms. The lowest BCUT2D eigenvalue weighted by Crippen LogP contribution is -2.10. The zero-order valence-electron chi connectivity index (χ0n) is 29.0. The van der Waals surface area contributed by atoms with Gasteiger partial charge in [0.1, 0.15) is 11.2 Å². The van der Waals surface area contributed by atoms with Crippen LogP contribution < -0.4 is 4.90 Å². The molecule has 0 saturated carbocycles. The third kappa shape index (κ3) is 4.74. The molecule has 0 saturated heterocycles. The van der Waals surface area contributed by atoms with Crippen LogP contribution in [0.2, 0.25) is 0 Å².